The highest BCUT2D eigenvalue weighted by Crippen LogP contribution is 2.33. The van der Waals surface area contributed by atoms with Gasteiger partial charge in [-0.1, -0.05) is 17.7 Å². The molecule has 0 spiro atoms. The summed E-state index contributed by atoms with van der Waals surface area (Å²) in [6.45, 7) is 5.48. The van der Waals surface area contributed by atoms with Crippen molar-refractivity contribution in [1.29, 1.82) is 0 Å². The van der Waals surface area contributed by atoms with E-state index in [4.69, 9.17) is 10.5 Å². The van der Waals surface area contributed by atoms with Gasteiger partial charge in [0.15, 0.2) is 0 Å². The number of thiophene rings is 1. The Morgan fingerprint density at radius 2 is 1.85 bits per heavy atom. The van der Waals surface area contributed by atoms with Gasteiger partial charge in [0.2, 0.25) is 5.91 Å². The second-order valence-electron chi connectivity index (χ2n) is 5.49. The van der Waals surface area contributed by atoms with Gasteiger partial charge < -0.3 is 15.8 Å². The summed E-state index contributed by atoms with van der Waals surface area (Å²) < 4.78 is 5.02. The van der Waals surface area contributed by atoms with Crippen molar-refractivity contribution in [1.82, 2.24) is 0 Å². The van der Waals surface area contributed by atoms with Gasteiger partial charge in [-0.05, 0) is 38.5 Å². The average molecular weight is 393 g/mol. The van der Waals surface area contributed by atoms with E-state index >= 15 is 0 Å². The summed E-state index contributed by atoms with van der Waals surface area (Å²) >= 11 is 2.37. The molecule has 1 heterocycles. The number of ether oxygens (including phenoxy) is 1. The van der Waals surface area contributed by atoms with Crippen molar-refractivity contribution >= 4 is 45.9 Å². The number of thioether (sulfide) groups is 1. The molecule has 0 aliphatic rings. The van der Waals surface area contributed by atoms with Crippen LogP contribution in [0.5, 0.6) is 0 Å². The molecule has 0 fully saturated rings. The monoisotopic (exact) mass is 392 g/mol. The number of amides is 2. The van der Waals surface area contributed by atoms with Crippen LogP contribution in [0.2, 0.25) is 0 Å². The molecule has 2 aromatic rings. The summed E-state index contributed by atoms with van der Waals surface area (Å²) in [5.74, 6) is -1.34. The SMILES string of the molecule is CCOC(=O)c1c(NC(=O)CSc2ccc(C)cc2)sc(C(N)=O)c1C. The fourth-order valence-electron chi connectivity index (χ4n) is 2.23. The van der Waals surface area contributed by atoms with Crippen molar-refractivity contribution in [2.75, 3.05) is 17.7 Å². The van der Waals surface area contributed by atoms with Gasteiger partial charge in [-0.3, -0.25) is 9.59 Å². The number of hydrogen-bond donors (Lipinski definition) is 2. The van der Waals surface area contributed by atoms with E-state index in [1.807, 2.05) is 31.2 Å². The van der Waals surface area contributed by atoms with Gasteiger partial charge in [0.05, 0.1) is 22.8 Å². The van der Waals surface area contributed by atoms with Crippen molar-refractivity contribution in [2.24, 2.45) is 5.73 Å². The van der Waals surface area contributed by atoms with Crippen LogP contribution in [0.3, 0.4) is 0 Å². The molecule has 3 N–H and O–H groups in total. The minimum absolute atomic E-state index is 0.175. The number of anilines is 1. The second kappa shape index (κ2) is 8.86. The summed E-state index contributed by atoms with van der Waals surface area (Å²) in [7, 11) is 0. The number of rotatable bonds is 7. The minimum atomic E-state index is -0.646. The van der Waals surface area contributed by atoms with E-state index in [0.29, 0.717) is 5.56 Å². The van der Waals surface area contributed by atoms with Gasteiger partial charge in [-0.15, -0.1) is 23.1 Å². The van der Waals surface area contributed by atoms with Crippen LogP contribution in [0, 0.1) is 13.8 Å². The fraction of sp³-hybridized carbons (Fsp3) is 0.278. The van der Waals surface area contributed by atoms with Gasteiger partial charge in [0.1, 0.15) is 5.00 Å². The Morgan fingerprint density at radius 1 is 1.19 bits per heavy atom. The van der Waals surface area contributed by atoms with E-state index in [1.165, 1.54) is 11.8 Å². The lowest BCUT2D eigenvalue weighted by Crippen LogP contribution is -2.16. The Hall–Kier alpha value is -2.32. The van der Waals surface area contributed by atoms with Gasteiger partial charge in [0, 0.05) is 4.90 Å². The molecule has 0 saturated carbocycles. The van der Waals surface area contributed by atoms with Crippen LogP contribution in [0.4, 0.5) is 5.00 Å². The Balaban J connectivity index is 2.15. The Bertz CT molecular complexity index is 828. The van der Waals surface area contributed by atoms with Crippen LogP contribution < -0.4 is 11.1 Å². The topological polar surface area (TPSA) is 98.5 Å². The van der Waals surface area contributed by atoms with Crippen molar-refractivity contribution in [3.8, 4) is 0 Å². The van der Waals surface area contributed by atoms with Crippen LogP contribution >= 0.6 is 23.1 Å². The molecule has 6 nitrogen and oxygen atoms in total. The molecule has 0 saturated heterocycles. The molecule has 1 aromatic carbocycles. The first-order chi connectivity index (χ1) is 12.3. The lowest BCUT2D eigenvalue weighted by atomic mass is 10.1. The van der Waals surface area contributed by atoms with Crippen molar-refractivity contribution in [2.45, 2.75) is 25.7 Å². The summed E-state index contributed by atoms with van der Waals surface area (Å²) in [6, 6.07) is 7.83. The van der Waals surface area contributed by atoms with Crippen LogP contribution in [0.25, 0.3) is 0 Å². The van der Waals surface area contributed by atoms with E-state index < -0.39 is 11.9 Å². The van der Waals surface area contributed by atoms with Gasteiger partial charge in [-0.2, -0.15) is 0 Å². The number of nitrogens with two attached hydrogens (primary N) is 1. The number of carbonyl (C=O) groups excluding carboxylic acids is 3. The molecule has 0 bridgehead atoms. The third-order valence-corrected chi connectivity index (χ3v) is 5.73. The van der Waals surface area contributed by atoms with Gasteiger partial charge in [0.25, 0.3) is 5.91 Å². The first-order valence-electron chi connectivity index (χ1n) is 7.93. The second-order valence-corrected chi connectivity index (χ2v) is 7.56. The zero-order valence-electron chi connectivity index (χ0n) is 14.8. The number of nitrogens with one attached hydrogen (secondary N) is 1. The number of esters is 1. The normalized spacial score (nSPS) is 10.4. The fourth-order valence-corrected chi connectivity index (χ4v) is 3.99. The van der Waals surface area contributed by atoms with E-state index in [2.05, 4.69) is 5.32 Å². The molecule has 0 unspecified atom stereocenters. The standard InChI is InChI=1S/C18H20N2O4S2/c1-4-24-18(23)14-11(3)15(16(19)22)26-17(14)20-13(21)9-25-12-7-5-10(2)6-8-12/h5-8H,4,9H2,1-3H3,(H2,19,22)(H,20,21). The maximum absolute atomic E-state index is 12.3. The maximum atomic E-state index is 12.3. The van der Waals surface area contributed by atoms with Gasteiger partial charge in [-0.25, -0.2) is 4.79 Å². The van der Waals surface area contributed by atoms with E-state index in [1.54, 1.807) is 13.8 Å². The predicted octanol–water partition coefficient (Wildman–Crippen LogP) is 3.37. The summed E-state index contributed by atoms with van der Waals surface area (Å²) in [5.41, 5.74) is 7.09. The number of benzene rings is 1. The van der Waals surface area contributed by atoms with E-state index in [0.717, 1.165) is 21.8 Å². The van der Waals surface area contributed by atoms with Crippen LogP contribution in [-0.4, -0.2) is 30.1 Å². The van der Waals surface area contributed by atoms with Crippen LogP contribution in [0.15, 0.2) is 29.2 Å². The first kappa shape index (κ1) is 20.0. The lowest BCUT2D eigenvalue weighted by molar-refractivity contribution is -0.113. The first-order valence-corrected chi connectivity index (χ1v) is 9.73. The molecule has 0 radical (unpaired) electrons. The Morgan fingerprint density at radius 3 is 2.42 bits per heavy atom. The third-order valence-electron chi connectivity index (χ3n) is 3.49. The number of carbonyl (C=O) groups is 3. The summed E-state index contributed by atoms with van der Waals surface area (Å²) in [6.07, 6.45) is 0. The molecule has 2 rings (SSSR count). The molecule has 0 aliphatic carbocycles. The van der Waals surface area contributed by atoms with Crippen molar-refractivity contribution in [3.63, 3.8) is 0 Å². The van der Waals surface area contributed by atoms with Crippen LogP contribution in [0.1, 0.15) is 38.1 Å². The molecule has 138 valence electrons. The molecule has 2 amide bonds. The third kappa shape index (κ3) is 4.86. The molecular formula is C18H20N2O4S2. The zero-order valence-corrected chi connectivity index (χ0v) is 16.4. The summed E-state index contributed by atoms with van der Waals surface area (Å²) in [5, 5.41) is 2.98. The molecule has 26 heavy (non-hydrogen) atoms. The van der Waals surface area contributed by atoms with E-state index in [-0.39, 0.29) is 33.7 Å². The molecular weight excluding hydrogens is 372 g/mol. The van der Waals surface area contributed by atoms with Crippen LogP contribution in [-0.2, 0) is 9.53 Å². The highest BCUT2D eigenvalue weighted by Gasteiger charge is 2.25. The predicted molar refractivity (Wildman–Crippen MR) is 104 cm³/mol. The molecule has 0 aliphatic heterocycles. The Labute approximate surface area is 160 Å². The van der Waals surface area contributed by atoms with E-state index in [9.17, 15) is 14.4 Å². The highest BCUT2D eigenvalue weighted by atomic mass is 32.2. The van der Waals surface area contributed by atoms with Crippen molar-refractivity contribution < 1.29 is 19.1 Å². The average Bonchev–Trinajstić information content (AvgIpc) is 2.91. The zero-order chi connectivity index (χ0) is 19.3. The Kier molecular flexibility index (Phi) is 6.82. The molecule has 0 atom stereocenters. The molecule has 8 heteroatoms. The lowest BCUT2D eigenvalue weighted by Gasteiger charge is -2.07. The molecule has 1 aromatic heterocycles. The minimum Gasteiger partial charge on any atom is -0.462 e. The number of primary amides is 1. The number of hydrogen-bond acceptors (Lipinski definition) is 6. The highest BCUT2D eigenvalue weighted by molar-refractivity contribution is 8.00. The number of aryl methyl sites for hydroxylation is 1. The smallest absolute Gasteiger partial charge is 0.341 e. The quantitative estimate of drug-likeness (QED) is 0.556. The van der Waals surface area contributed by atoms with Gasteiger partial charge >= 0.3 is 5.97 Å². The largest absolute Gasteiger partial charge is 0.462 e. The van der Waals surface area contributed by atoms with Crippen molar-refractivity contribution in [3.05, 3.63) is 45.8 Å². The summed E-state index contributed by atoms with van der Waals surface area (Å²) in [4.78, 5) is 37.2. The maximum Gasteiger partial charge on any atom is 0.341 e.